The fourth-order valence-corrected chi connectivity index (χ4v) is 2.31. The van der Waals surface area contributed by atoms with Crippen molar-refractivity contribution in [2.45, 2.75) is 20.0 Å². The SMILES string of the molecule is CC(=O)c1cc(OCC(O)COc2cccc(O)c2C(C)=O)ccc1O. The van der Waals surface area contributed by atoms with Crippen molar-refractivity contribution in [1.82, 2.24) is 0 Å². The highest BCUT2D eigenvalue weighted by molar-refractivity contribution is 5.99. The van der Waals surface area contributed by atoms with Crippen molar-refractivity contribution in [1.29, 1.82) is 0 Å². The molecule has 0 heterocycles. The maximum Gasteiger partial charge on any atom is 0.167 e. The van der Waals surface area contributed by atoms with E-state index in [1.54, 1.807) is 0 Å². The molecular formula is C19H20O7. The molecular weight excluding hydrogens is 340 g/mol. The minimum atomic E-state index is -1.02. The largest absolute Gasteiger partial charge is 0.507 e. The van der Waals surface area contributed by atoms with Crippen LogP contribution in [0, 0.1) is 0 Å². The van der Waals surface area contributed by atoms with Crippen LogP contribution in [-0.2, 0) is 0 Å². The van der Waals surface area contributed by atoms with Gasteiger partial charge in [-0.3, -0.25) is 9.59 Å². The molecule has 0 saturated heterocycles. The first-order valence-electron chi connectivity index (χ1n) is 7.90. The fraction of sp³-hybridized carbons (Fsp3) is 0.263. The minimum absolute atomic E-state index is 0.0465. The summed E-state index contributed by atoms with van der Waals surface area (Å²) in [6, 6.07) is 8.61. The van der Waals surface area contributed by atoms with Crippen molar-refractivity contribution in [3.8, 4) is 23.0 Å². The summed E-state index contributed by atoms with van der Waals surface area (Å²) >= 11 is 0. The average molecular weight is 360 g/mol. The zero-order valence-corrected chi connectivity index (χ0v) is 14.4. The first-order chi connectivity index (χ1) is 12.3. The summed E-state index contributed by atoms with van der Waals surface area (Å²) < 4.78 is 10.8. The van der Waals surface area contributed by atoms with Crippen molar-refractivity contribution in [3.05, 3.63) is 47.5 Å². The number of hydrogen-bond donors (Lipinski definition) is 3. The normalized spacial score (nSPS) is 11.7. The fourth-order valence-electron chi connectivity index (χ4n) is 2.31. The Morgan fingerprint density at radius 2 is 1.65 bits per heavy atom. The molecule has 2 aromatic rings. The third kappa shape index (κ3) is 4.73. The number of carbonyl (C=O) groups excluding carboxylic acids is 2. The summed E-state index contributed by atoms with van der Waals surface area (Å²) in [4.78, 5) is 23.0. The van der Waals surface area contributed by atoms with Gasteiger partial charge in [0, 0.05) is 0 Å². The molecule has 1 unspecified atom stereocenters. The lowest BCUT2D eigenvalue weighted by atomic mass is 10.1. The van der Waals surface area contributed by atoms with Gasteiger partial charge in [-0.05, 0) is 44.2 Å². The number of aliphatic hydroxyl groups is 1. The topological polar surface area (TPSA) is 113 Å². The molecule has 138 valence electrons. The summed E-state index contributed by atoms with van der Waals surface area (Å²) in [5.74, 6) is -0.521. The van der Waals surface area contributed by atoms with E-state index in [9.17, 15) is 24.9 Å². The quantitative estimate of drug-likeness (QED) is 0.619. The molecule has 0 aliphatic rings. The van der Waals surface area contributed by atoms with Crippen LogP contribution in [0.3, 0.4) is 0 Å². The van der Waals surface area contributed by atoms with E-state index in [2.05, 4.69) is 0 Å². The lowest BCUT2D eigenvalue weighted by molar-refractivity contribution is 0.0618. The number of carbonyl (C=O) groups is 2. The van der Waals surface area contributed by atoms with Gasteiger partial charge in [0.1, 0.15) is 47.9 Å². The van der Waals surface area contributed by atoms with Crippen molar-refractivity contribution in [2.24, 2.45) is 0 Å². The van der Waals surface area contributed by atoms with Crippen molar-refractivity contribution in [2.75, 3.05) is 13.2 Å². The Kier molecular flexibility index (Phi) is 6.19. The van der Waals surface area contributed by atoms with Gasteiger partial charge < -0.3 is 24.8 Å². The number of aromatic hydroxyl groups is 2. The number of hydrogen-bond acceptors (Lipinski definition) is 7. The smallest absolute Gasteiger partial charge is 0.167 e. The van der Waals surface area contributed by atoms with Crippen LogP contribution in [0.25, 0.3) is 0 Å². The Bertz CT molecular complexity index is 814. The van der Waals surface area contributed by atoms with Gasteiger partial charge in [0.25, 0.3) is 0 Å². The van der Waals surface area contributed by atoms with E-state index in [0.29, 0.717) is 5.75 Å². The summed E-state index contributed by atoms with van der Waals surface area (Å²) in [6.07, 6.45) is -1.02. The number of rotatable bonds is 8. The van der Waals surface area contributed by atoms with Gasteiger partial charge in [0.2, 0.25) is 0 Å². The number of ketones is 2. The third-order valence-electron chi connectivity index (χ3n) is 3.58. The summed E-state index contributed by atoms with van der Waals surface area (Å²) in [7, 11) is 0. The highest BCUT2D eigenvalue weighted by atomic mass is 16.5. The molecule has 1 atom stereocenters. The number of phenols is 2. The van der Waals surface area contributed by atoms with Gasteiger partial charge in [-0.2, -0.15) is 0 Å². The van der Waals surface area contributed by atoms with E-state index in [1.165, 1.54) is 50.2 Å². The summed E-state index contributed by atoms with van der Waals surface area (Å²) in [6.45, 7) is 2.33. The molecule has 0 amide bonds. The van der Waals surface area contributed by atoms with E-state index in [0.717, 1.165) is 0 Å². The van der Waals surface area contributed by atoms with Crippen LogP contribution in [0.5, 0.6) is 23.0 Å². The standard InChI is InChI=1S/C19H20O7/c1-11(20)15-8-14(6-7-16(15)23)25-9-13(22)10-26-18-5-3-4-17(24)19(18)12(2)21/h3-8,13,22-24H,9-10H2,1-2H3. The van der Waals surface area contributed by atoms with Crippen molar-refractivity contribution >= 4 is 11.6 Å². The van der Waals surface area contributed by atoms with Crippen LogP contribution >= 0.6 is 0 Å². The maximum atomic E-state index is 11.6. The molecule has 0 aliphatic heterocycles. The molecule has 2 aromatic carbocycles. The Morgan fingerprint density at radius 3 is 2.31 bits per heavy atom. The number of phenolic OH excluding ortho intramolecular Hbond substituents is 2. The Labute approximate surface area is 150 Å². The molecule has 26 heavy (non-hydrogen) atoms. The van der Waals surface area contributed by atoms with Crippen LogP contribution in [0.15, 0.2) is 36.4 Å². The van der Waals surface area contributed by atoms with E-state index < -0.39 is 6.10 Å². The van der Waals surface area contributed by atoms with Gasteiger partial charge >= 0.3 is 0 Å². The summed E-state index contributed by atoms with van der Waals surface area (Å²) in [5.41, 5.74) is 0.171. The van der Waals surface area contributed by atoms with Crippen LogP contribution in [0.2, 0.25) is 0 Å². The third-order valence-corrected chi connectivity index (χ3v) is 3.58. The molecule has 0 saturated carbocycles. The second kappa shape index (κ2) is 8.35. The first-order valence-corrected chi connectivity index (χ1v) is 7.90. The highest BCUT2D eigenvalue weighted by Crippen LogP contribution is 2.28. The first kappa shape index (κ1) is 19.3. The number of aliphatic hydroxyl groups excluding tert-OH is 1. The predicted molar refractivity (Wildman–Crippen MR) is 93.2 cm³/mol. The van der Waals surface area contributed by atoms with E-state index in [-0.39, 0.29) is 53.2 Å². The highest BCUT2D eigenvalue weighted by Gasteiger charge is 2.15. The van der Waals surface area contributed by atoms with Gasteiger partial charge in [-0.15, -0.1) is 0 Å². The van der Waals surface area contributed by atoms with Gasteiger partial charge in [-0.25, -0.2) is 0 Å². The molecule has 0 aromatic heterocycles. The lowest BCUT2D eigenvalue weighted by Gasteiger charge is -2.16. The Morgan fingerprint density at radius 1 is 0.962 bits per heavy atom. The monoisotopic (exact) mass is 360 g/mol. The van der Waals surface area contributed by atoms with Gasteiger partial charge in [0.05, 0.1) is 5.56 Å². The average Bonchev–Trinajstić information content (AvgIpc) is 2.58. The van der Waals surface area contributed by atoms with E-state index in [4.69, 9.17) is 9.47 Å². The summed E-state index contributed by atoms with van der Waals surface area (Å²) in [5, 5.41) is 29.3. The van der Waals surface area contributed by atoms with E-state index >= 15 is 0 Å². The minimum Gasteiger partial charge on any atom is -0.507 e. The van der Waals surface area contributed by atoms with Crippen LogP contribution in [0.1, 0.15) is 34.6 Å². The predicted octanol–water partition coefficient (Wildman–Crippen LogP) is 2.32. The van der Waals surface area contributed by atoms with Gasteiger partial charge in [-0.1, -0.05) is 6.07 Å². The second-order valence-electron chi connectivity index (χ2n) is 5.72. The molecule has 7 nitrogen and oxygen atoms in total. The second-order valence-corrected chi connectivity index (χ2v) is 5.72. The van der Waals surface area contributed by atoms with Crippen molar-refractivity contribution < 1.29 is 34.4 Å². The van der Waals surface area contributed by atoms with Crippen LogP contribution in [-0.4, -0.2) is 46.2 Å². The van der Waals surface area contributed by atoms with Crippen LogP contribution < -0.4 is 9.47 Å². The Balaban J connectivity index is 1.95. The molecule has 0 fully saturated rings. The van der Waals surface area contributed by atoms with Gasteiger partial charge in [0.15, 0.2) is 11.6 Å². The van der Waals surface area contributed by atoms with Crippen LogP contribution in [0.4, 0.5) is 0 Å². The maximum absolute atomic E-state index is 11.6. The molecule has 0 bridgehead atoms. The molecule has 0 aliphatic carbocycles. The molecule has 7 heteroatoms. The zero-order valence-electron chi connectivity index (χ0n) is 14.4. The number of ether oxygens (including phenoxy) is 2. The number of benzene rings is 2. The number of Topliss-reactive ketones (excluding diaryl/α,β-unsaturated/α-hetero) is 2. The lowest BCUT2D eigenvalue weighted by Crippen LogP contribution is -2.25. The molecule has 0 spiro atoms. The molecule has 3 N–H and O–H groups in total. The molecule has 2 rings (SSSR count). The van der Waals surface area contributed by atoms with E-state index in [1.807, 2.05) is 0 Å². The van der Waals surface area contributed by atoms with Crippen molar-refractivity contribution in [3.63, 3.8) is 0 Å². The Hall–Kier alpha value is -3.06. The molecule has 0 radical (unpaired) electrons. The zero-order chi connectivity index (χ0) is 19.3.